The average Bonchev–Trinajstić information content (AvgIpc) is 2.34. The molecule has 0 N–H and O–H groups in total. The minimum Gasteiger partial charge on any atom is -0.488 e. The Morgan fingerprint density at radius 1 is 1.39 bits per heavy atom. The zero-order chi connectivity index (χ0) is 13.5. The van der Waals surface area contributed by atoms with Crippen molar-refractivity contribution in [2.45, 2.75) is 37.6 Å². The first-order chi connectivity index (χ1) is 8.38. The number of alkyl halides is 1. The standard InChI is InChI=1S/C13H14Br2Cl2O/c1-3-13(2)11(15)6-12(13)18-10-5-8(16)7(14)4-9(10)17/h4-5,11-12H,3,6H2,1-2H3. The van der Waals surface area contributed by atoms with Crippen molar-refractivity contribution in [2.75, 3.05) is 0 Å². The molecular formula is C13H14Br2Cl2O. The Bertz CT molecular complexity index is 467. The lowest BCUT2D eigenvalue weighted by atomic mass is 9.65. The van der Waals surface area contributed by atoms with Crippen LogP contribution in [0.4, 0.5) is 0 Å². The van der Waals surface area contributed by atoms with E-state index in [-0.39, 0.29) is 11.5 Å². The molecule has 1 aromatic carbocycles. The third-order valence-electron chi connectivity index (χ3n) is 3.88. The number of hydrogen-bond acceptors (Lipinski definition) is 1. The Morgan fingerprint density at radius 2 is 2.06 bits per heavy atom. The summed E-state index contributed by atoms with van der Waals surface area (Å²) in [4.78, 5) is 0.504. The van der Waals surface area contributed by atoms with Gasteiger partial charge in [0.05, 0.1) is 10.0 Å². The van der Waals surface area contributed by atoms with Gasteiger partial charge in [-0.2, -0.15) is 0 Å². The van der Waals surface area contributed by atoms with Crippen molar-refractivity contribution in [1.29, 1.82) is 0 Å². The van der Waals surface area contributed by atoms with Gasteiger partial charge in [-0.25, -0.2) is 0 Å². The van der Waals surface area contributed by atoms with E-state index < -0.39 is 0 Å². The molecule has 1 nitrogen and oxygen atoms in total. The van der Waals surface area contributed by atoms with Crippen molar-refractivity contribution >= 4 is 55.1 Å². The van der Waals surface area contributed by atoms with E-state index in [2.05, 4.69) is 45.7 Å². The zero-order valence-electron chi connectivity index (χ0n) is 10.1. The molecule has 0 aliphatic heterocycles. The van der Waals surface area contributed by atoms with Gasteiger partial charge >= 0.3 is 0 Å². The molecule has 1 aliphatic carbocycles. The van der Waals surface area contributed by atoms with Crippen LogP contribution in [-0.2, 0) is 0 Å². The van der Waals surface area contributed by atoms with Gasteiger partial charge in [-0.05, 0) is 34.8 Å². The van der Waals surface area contributed by atoms with Crippen LogP contribution < -0.4 is 4.74 Å². The highest BCUT2D eigenvalue weighted by Crippen LogP contribution is 2.51. The summed E-state index contributed by atoms with van der Waals surface area (Å²) in [5.41, 5.74) is 0.156. The summed E-state index contributed by atoms with van der Waals surface area (Å²) in [6.07, 6.45) is 2.24. The second kappa shape index (κ2) is 5.51. The lowest BCUT2D eigenvalue weighted by Crippen LogP contribution is -2.54. The van der Waals surface area contributed by atoms with Crippen molar-refractivity contribution < 1.29 is 4.74 Å². The molecule has 1 aliphatic rings. The molecule has 18 heavy (non-hydrogen) atoms. The molecule has 3 atom stereocenters. The molecule has 0 bridgehead atoms. The third-order valence-corrected chi connectivity index (χ3v) is 6.79. The van der Waals surface area contributed by atoms with Crippen molar-refractivity contribution in [3.8, 4) is 5.75 Å². The molecule has 0 radical (unpaired) electrons. The predicted octanol–water partition coefficient (Wildman–Crippen LogP) is 6.09. The zero-order valence-corrected chi connectivity index (χ0v) is 14.8. The Morgan fingerprint density at radius 3 is 2.61 bits per heavy atom. The molecule has 5 heteroatoms. The molecule has 0 saturated heterocycles. The Kier molecular flexibility index (Phi) is 4.58. The van der Waals surface area contributed by atoms with E-state index in [1.807, 2.05) is 0 Å². The summed E-state index contributed by atoms with van der Waals surface area (Å²) >= 11 is 19.3. The van der Waals surface area contributed by atoms with E-state index in [4.69, 9.17) is 27.9 Å². The van der Waals surface area contributed by atoms with Crippen molar-refractivity contribution in [3.05, 3.63) is 26.7 Å². The normalized spacial score (nSPS) is 31.0. The Balaban J connectivity index is 2.18. The smallest absolute Gasteiger partial charge is 0.139 e. The van der Waals surface area contributed by atoms with Gasteiger partial charge in [0.25, 0.3) is 0 Å². The van der Waals surface area contributed by atoms with Crippen LogP contribution >= 0.6 is 55.1 Å². The largest absolute Gasteiger partial charge is 0.488 e. The minimum atomic E-state index is 0.156. The van der Waals surface area contributed by atoms with Gasteiger partial charge in [-0.3, -0.25) is 0 Å². The summed E-state index contributed by atoms with van der Waals surface area (Å²) in [5.74, 6) is 0.661. The lowest BCUT2D eigenvalue weighted by molar-refractivity contribution is -0.0242. The van der Waals surface area contributed by atoms with Crippen LogP contribution in [0.1, 0.15) is 26.7 Å². The van der Waals surface area contributed by atoms with Gasteiger partial charge < -0.3 is 4.74 Å². The lowest BCUT2D eigenvalue weighted by Gasteiger charge is -2.50. The third kappa shape index (κ3) is 2.56. The van der Waals surface area contributed by atoms with Crippen LogP contribution in [0.3, 0.4) is 0 Å². The molecule has 0 amide bonds. The van der Waals surface area contributed by atoms with Gasteiger partial charge in [-0.1, -0.05) is 53.0 Å². The van der Waals surface area contributed by atoms with Gasteiger partial charge in [-0.15, -0.1) is 0 Å². The highest BCUT2D eigenvalue weighted by molar-refractivity contribution is 9.10. The summed E-state index contributed by atoms with van der Waals surface area (Å²) in [6, 6.07) is 3.54. The van der Waals surface area contributed by atoms with Crippen LogP contribution in [0.25, 0.3) is 0 Å². The van der Waals surface area contributed by atoms with E-state index in [1.165, 1.54) is 0 Å². The molecule has 1 fully saturated rings. The number of halogens is 4. The van der Waals surface area contributed by atoms with E-state index in [0.29, 0.717) is 20.6 Å². The molecule has 0 heterocycles. The SMILES string of the molecule is CCC1(C)C(Br)CC1Oc1cc(Cl)c(Br)cc1Cl. The molecule has 3 unspecified atom stereocenters. The number of benzene rings is 1. The van der Waals surface area contributed by atoms with Crippen molar-refractivity contribution in [1.82, 2.24) is 0 Å². The van der Waals surface area contributed by atoms with Gasteiger partial charge in [0.1, 0.15) is 11.9 Å². The Hall–Kier alpha value is 0.560. The number of rotatable bonds is 3. The van der Waals surface area contributed by atoms with Crippen LogP contribution in [0.2, 0.25) is 10.0 Å². The van der Waals surface area contributed by atoms with Gasteiger partial charge in [0.15, 0.2) is 0 Å². The first kappa shape index (κ1) is 15.0. The van der Waals surface area contributed by atoms with E-state index >= 15 is 0 Å². The highest BCUT2D eigenvalue weighted by atomic mass is 79.9. The summed E-state index contributed by atoms with van der Waals surface area (Å²) in [5, 5.41) is 1.20. The topological polar surface area (TPSA) is 9.23 Å². The monoisotopic (exact) mass is 414 g/mol. The predicted molar refractivity (Wildman–Crippen MR) is 84.3 cm³/mol. The molecule has 0 spiro atoms. The van der Waals surface area contributed by atoms with E-state index in [0.717, 1.165) is 17.3 Å². The molecule has 0 aromatic heterocycles. The van der Waals surface area contributed by atoms with Crippen LogP contribution in [0.5, 0.6) is 5.75 Å². The van der Waals surface area contributed by atoms with E-state index in [1.54, 1.807) is 12.1 Å². The first-order valence-electron chi connectivity index (χ1n) is 5.83. The number of ether oxygens (including phenoxy) is 1. The fraction of sp³-hybridized carbons (Fsp3) is 0.538. The average molecular weight is 417 g/mol. The minimum absolute atomic E-state index is 0.156. The fourth-order valence-corrected chi connectivity index (χ4v) is 3.94. The van der Waals surface area contributed by atoms with Crippen LogP contribution in [0, 0.1) is 5.41 Å². The quantitative estimate of drug-likeness (QED) is 0.428. The van der Waals surface area contributed by atoms with Crippen molar-refractivity contribution in [2.24, 2.45) is 5.41 Å². The highest BCUT2D eigenvalue weighted by Gasteiger charge is 2.51. The van der Waals surface area contributed by atoms with Crippen LogP contribution in [0.15, 0.2) is 16.6 Å². The summed E-state index contributed by atoms with van der Waals surface area (Å²) in [7, 11) is 0. The summed E-state index contributed by atoms with van der Waals surface area (Å²) < 4.78 is 6.81. The molecular weight excluding hydrogens is 403 g/mol. The second-order valence-electron chi connectivity index (χ2n) is 4.87. The Labute approximate surface area is 134 Å². The van der Waals surface area contributed by atoms with Crippen molar-refractivity contribution in [3.63, 3.8) is 0 Å². The molecule has 1 saturated carbocycles. The van der Waals surface area contributed by atoms with Gasteiger partial charge in [0, 0.05) is 20.8 Å². The maximum absolute atomic E-state index is 6.17. The first-order valence-corrected chi connectivity index (χ1v) is 8.30. The van der Waals surface area contributed by atoms with E-state index in [9.17, 15) is 0 Å². The maximum atomic E-state index is 6.17. The summed E-state index contributed by atoms with van der Waals surface area (Å²) in [6.45, 7) is 4.41. The number of hydrogen-bond donors (Lipinski definition) is 0. The molecule has 100 valence electrons. The molecule has 2 rings (SSSR count). The van der Waals surface area contributed by atoms with Gasteiger partial charge in [0.2, 0.25) is 0 Å². The van der Waals surface area contributed by atoms with Crippen LogP contribution in [-0.4, -0.2) is 10.9 Å². The molecule has 1 aromatic rings. The second-order valence-corrected chi connectivity index (χ2v) is 7.64. The fourth-order valence-electron chi connectivity index (χ4n) is 2.15. The maximum Gasteiger partial charge on any atom is 0.139 e.